The van der Waals surface area contributed by atoms with Crippen LogP contribution in [0.2, 0.25) is 0 Å². The van der Waals surface area contributed by atoms with Crippen molar-refractivity contribution in [3.63, 3.8) is 0 Å². The van der Waals surface area contributed by atoms with Crippen LogP contribution in [0.3, 0.4) is 0 Å². The van der Waals surface area contributed by atoms with Crippen LogP contribution in [0.1, 0.15) is 30.6 Å². The van der Waals surface area contributed by atoms with Crippen LogP contribution in [0.15, 0.2) is 18.3 Å². The summed E-state index contributed by atoms with van der Waals surface area (Å²) in [5, 5.41) is 0. The van der Waals surface area contributed by atoms with Crippen LogP contribution in [0.5, 0.6) is 0 Å². The fourth-order valence-electron chi connectivity index (χ4n) is 2.88. The molecule has 1 atom stereocenters. The topological polar surface area (TPSA) is 88.8 Å². The van der Waals surface area contributed by atoms with Crippen LogP contribution in [0.25, 0.3) is 0 Å². The molecule has 1 aromatic rings. The normalized spacial score (nSPS) is 18.0. The number of amides is 1. The van der Waals surface area contributed by atoms with Gasteiger partial charge in [-0.25, -0.2) is 9.78 Å². The molecule has 7 heteroatoms. The molecule has 0 radical (unpaired) electrons. The lowest BCUT2D eigenvalue weighted by Crippen LogP contribution is -2.57. The number of aromatic nitrogens is 1. The Hall–Kier alpha value is -2.15. The largest absolute Gasteiger partial charge is 0.465 e. The summed E-state index contributed by atoms with van der Waals surface area (Å²) in [7, 11) is 1.35. The molecule has 1 fully saturated rings. The molecule has 2 N–H and O–H groups in total. The van der Waals surface area contributed by atoms with Crippen LogP contribution in [-0.4, -0.2) is 61.1 Å². The molecule has 7 nitrogen and oxygen atoms in total. The molecule has 0 spiro atoms. The Labute approximate surface area is 142 Å². The summed E-state index contributed by atoms with van der Waals surface area (Å²) in [5.41, 5.74) is 6.37. The van der Waals surface area contributed by atoms with Crippen LogP contribution in [0, 0.1) is 5.92 Å². The van der Waals surface area contributed by atoms with E-state index in [9.17, 15) is 9.59 Å². The number of methoxy groups -OCH3 is 1. The number of esters is 1. The van der Waals surface area contributed by atoms with Gasteiger partial charge in [-0.05, 0) is 18.1 Å². The summed E-state index contributed by atoms with van der Waals surface area (Å²) in [6.07, 6.45) is 2.14. The van der Waals surface area contributed by atoms with Crippen LogP contribution >= 0.6 is 0 Å². The van der Waals surface area contributed by atoms with Gasteiger partial charge in [0.25, 0.3) is 0 Å². The van der Waals surface area contributed by atoms with Gasteiger partial charge in [0.05, 0.1) is 18.7 Å². The number of pyridine rings is 1. The van der Waals surface area contributed by atoms with E-state index in [0.717, 1.165) is 0 Å². The van der Waals surface area contributed by atoms with E-state index in [2.05, 4.69) is 9.88 Å². The molecular formula is C17H26N4O3. The predicted molar refractivity (Wildman–Crippen MR) is 91.8 cm³/mol. The standard InChI is InChI=1S/C17H26N4O3/c1-12(2)8-16(22)20-6-7-21(14(10-18)11-20)15-9-13(4-5-19-15)17(23)24-3/h4-5,9,12,14H,6-8,10-11,18H2,1-3H3. The van der Waals surface area contributed by atoms with E-state index in [4.69, 9.17) is 10.5 Å². The maximum absolute atomic E-state index is 12.3. The van der Waals surface area contributed by atoms with Crippen LogP contribution in [-0.2, 0) is 9.53 Å². The molecule has 1 amide bonds. The molecule has 0 aliphatic carbocycles. The molecule has 1 saturated heterocycles. The zero-order valence-electron chi connectivity index (χ0n) is 14.6. The fourth-order valence-corrected chi connectivity index (χ4v) is 2.88. The monoisotopic (exact) mass is 334 g/mol. The Morgan fingerprint density at radius 3 is 2.79 bits per heavy atom. The van der Waals surface area contributed by atoms with Crippen molar-refractivity contribution in [3.8, 4) is 0 Å². The Kier molecular flexibility index (Phi) is 6.14. The second-order valence-electron chi connectivity index (χ2n) is 6.41. The van der Waals surface area contributed by atoms with E-state index in [-0.39, 0.29) is 11.9 Å². The lowest BCUT2D eigenvalue weighted by molar-refractivity contribution is -0.132. The quantitative estimate of drug-likeness (QED) is 0.805. The third-order valence-electron chi connectivity index (χ3n) is 4.15. The van der Waals surface area contributed by atoms with E-state index in [0.29, 0.717) is 49.9 Å². The van der Waals surface area contributed by atoms with Gasteiger partial charge in [-0.2, -0.15) is 0 Å². The van der Waals surface area contributed by atoms with Crippen molar-refractivity contribution >= 4 is 17.7 Å². The highest BCUT2D eigenvalue weighted by Gasteiger charge is 2.30. The summed E-state index contributed by atoms with van der Waals surface area (Å²) in [6, 6.07) is 3.31. The van der Waals surface area contributed by atoms with E-state index in [1.807, 2.05) is 18.7 Å². The number of anilines is 1. The molecule has 0 bridgehead atoms. The number of hydrogen-bond donors (Lipinski definition) is 1. The molecule has 0 saturated carbocycles. The second kappa shape index (κ2) is 8.10. The van der Waals surface area contributed by atoms with Gasteiger partial charge in [-0.15, -0.1) is 0 Å². The minimum atomic E-state index is -0.395. The molecule has 24 heavy (non-hydrogen) atoms. The number of piperazine rings is 1. The average molecular weight is 334 g/mol. The van der Waals surface area contributed by atoms with E-state index >= 15 is 0 Å². The zero-order valence-corrected chi connectivity index (χ0v) is 14.6. The van der Waals surface area contributed by atoms with Crippen molar-refractivity contribution in [1.82, 2.24) is 9.88 Å². The molecular weight excluding hydrogens is 308 g/mol. The van der Waals surface area contributed by atoms with Crippen molar-refractivity contribution in [1.29, 1.82) is 0 Å². The molecule has 132 valence electrons. The van der Waals surface area contributed by atoms with Gasteiger partial charge in [0.1, 0.15) is 5.82 Å². The summed E-state index contributed by atoms with van der Waals surface area (Å²) in [6.45, 7) is 6.34. The molecule has 0 aromatic carbocycles. The summed E-state index contributed by atoms with van der Waals surface area (Å²) < 4.78 is 4.75. The van der Waals surface area contributed by atoms with E-state index < -0.39 is 5.97 Å². The second-order valence-corrected chi connectivity index (χ2v) is 6.41. The number of ether oxygens (including phenoxy) is 1. The molecule has 2 heterocycles. The first-order valence-electron chi connectivity index (χ1n) is 8.25. The SMILES string of the molecule is COC(=O)c1ccnc(N2CCN(C(=O)CC(C)C)CC2CN)c1. The Morgan fingerprint density at radius 1 is 1.42 bits per heavy atom. The van der Waals surface area contributed by atoms with Crippen molar-refractivity contribution < 1.29 is 14.3 Å². The number of carbonyl (C=O) groups excluding carboxylic acids is 2. The van der Waals surface area contributed by atoms with Gasteiger partial charge in [0.2, 0.25) is 5.91 Å². The van der Waals surface area contributed by atoms with Gasteiger partial charge >= 0.3 is 5.97 Å². The molecule has 1 unspecified atom stereocenters. The lowest BCUT2D eigenvalue weighted by Gasteiger charge is -2.42. The molecule has 1 aliphatic rings. The highest BCUT2D eigenvalue weighted by atomic mass is 16.5. The van der Waals surface area contributed by atoms with Crippen molar-refractivity contribution in [2.45, 2.75) is 26.3 Å². The first-order valence-corrected chi connectivity index (χ1v) is 8.25. The highest BCUT2D eigenvalue weighted by Crippen LogP contribution is 2.20. The van der Waals surface area contributed by atoms with Crippen LogP contribution in [0.4, 0.5) is 5.82 Å². The van der Waals surface area contributed by atoms with Crippen LogP contribution < -0.4 is 10.6 Å². The highest BCUT2D eigenvalue weighted by molar-refractivity contribution is 5.90. The third kappa shape index (κ3) is 4.23. The smallest absolute Gasteiger partial charge is 0.338 e. The van der Waals surface area contributed by atoms with Gasteiger partial charge < -0.3 is 20.3 Å². The molecule has 2 rings (SSSR count). The van der Waals surface area contributed by atoms with Gasteiger partial charge in [-0.3, -0.25) is 4.79 Å². The number of carbonyl (C=O) groups is 2. The summed E-state index contributed by atoms with van der Waals surface area (Å²) in [4.78, 5) is 32.3. The van der Waals surface area contributed by atoms with Crippen molar-refractivity contribution in [3.05, 3.63) is 23.9 Å². The third-order valence-corrected chi connectivity index (χ3v) is 4.15. The van der Waals surface area contributed by atoms with E-state index in [1.165, 1.54) is 7.11 Å². The Balaban J connectivity index is 2.12. The average Bonchev–Trinajstić information content (AvgIpc) is 2.59. The van der Waals surface area contributed by atoms with E-state index in [1.54, 1.807) is 18.3 Å². The minimum Gasteiger partial charge on any atom is -0.465 e. The fraction of sp³-hybridized carbons (Fsp3) is 0.588. The first-order chi connectivity index (χ1) is 11.5. The zero-order chi connectivity index (χ0) is 17.7. The number of nitrogens with zero attached hydrogens (tertiary/aromatic N) is 3. The van der Waals surface area contributed by atoms with Gasteiger partial charge in [-0.1, -0.05) is 13.8 Å². The lowest BCUT2D eigenvalue weighted by atomic mass is 10.1. The first kappa shape index (κ1) is 18.2. The Morgan fingerprint density at radius 2 is 2.17 bits per heavy atom. The maximum atomic E-state index is 12.3. The minimum absolute atomic E-state index is 0.0183. The van der Waals surface area contributed by atoms with Gasteiger partial charge in [0, 0.05) is 38.8 Å². The summed E-state index contributed by atoms with van der Waals surface area (Å²) >= 11 is 0. The van der Waals surface area contributed by atoms with Gasteiger partial charge in [0.15, 0.2) is 0 Å². The predicted octanol–water partition coefficient (Wildman–Crippen LogP) is 0.890. The summed E-state index contributed by atoms with van der Waals surface area (Å²) in [5.74, 6) is 0.794. The molecule has 1 aromatic heterocycles. The maximum Gasteiger partial charge on any atom is 0.338 e. The van der Waals surface area contributed by atoms with Crippen molar-refractivity contribution in [2.24, 2.45) is 11.7 Å². The number of nitrogens with two attached hydrogens (primary N) is 1. The number of hydrogen-bond acceptors (Lipinski definition) is 6. The number of rotatable bonds is 5. The van der Waals surface area contributed by atoms with Crippen molar-refractivity contribution in [2.75, 3.05) is 38.2 Å². The molecule has 1 aliphatic heterocycles. The Bertz CT molecular complexity index is 591.